The van der Waals surface area contributed by atoms with Crippen molar-refractivity contribution >= 4 is 5.97 Å². The zero-order valence-corrected chi connectivity index (χ0v) is 15.2. The van der Waals surface area contributed by atoms with Gasteiger partial charge in [-0.2, -0.15) is 0 Å². The van der Waals surface area contributed by atoms with E-state index in [1.165, 1.54) is 0 Å². The first-order valence-corrected chi connectivity index (χ1v) is 8.04. The number of ether oxygens (including phenoxy) is 3. The third-order valence-corrected chi connectivity index (χ3v) is 3.67. The van der Waals surface area contributed by atoms with Gasteiger partial charge < -0.3 is 19.3 Å². The Morgan fingerprint density at radius 1 is 1.38 bits per heavy atom. The molecule has 0 saturated heterocycles. The molecule has 0 saturated carbocycles. The number of aliphatic hydroxyl groups is 1. The monoisotopic (exact) mass is 336 g/mol. The van der Waals surface area contributed by atoms with E-state index in [2.05, 4.69) is 6.58 Å². The van der Waals surface area contributed by atoms with Crippen molar-refractivity contribution in [3.63, 3.8) is 0 Å². The van der Waals surface area contributed by atoms with Gasteiger partial charge in [-0.1, -0.05) is 6.08 Å². The summed E-state index contributed by atoms with van der Waals surface area (Å²) in [7, 11) is 1.60. The van der Waals surface area contributed by atoms with E-state index in [-0.39, 0.29) is 24.9 Å². The van der Waals surface area contributed by atoms with E-state index in [0.717, 1.165) is 11.1 Å². The van der Waals surface area contributed by atoms with Crippen molar-refractivity contribution in [2.24, 2.45) is 0 Å². The number of allylic oxidation sites excluding steroid dienone is 1. The van der Waals surface area contributed by atoms with Gasteiger partial charge in [0.05, 0.1) is 26.7 Å². The van der Waals surface area contributed by atoms with Gasteiger partial charge in [-0.05, 0) is 45.4 Å². The Balaban J connectivity index is 3.29. The van der Waals surface area contributed by atoms with Crippen molar-refractivity contribution in [1.82, 2.24) is 0 Å². The van der Waals surface area contributed by atoms with Gasteiger partial charge in [-0.15, -0.1) is 6.58 Å². The SMILES string of the molecule is C=CC(CC(=O)OCC)c1cc(OC)c(C)cc1OC(C)(C)CO. The summed E-state index contributed by atoms with van der Waals surface area (Å²) in [6, 6.07) is 3.71. The third kappa shape index (κ3) is 5.27. The molecule has 0 aromatic heterocycles. The number of hydrogen-bond donors (Lipinski definition) is 1. The normalized spacial score (nSPS) is 12.4. The van der Waals surface area contributed by atoms with Crippen molar-refractivity contribution in [1.29, 1.82) is 0 Å². The largest absolute Gasteiger partial charge is 0.496 e. The van der Waals surface area contributed by atoms with E-state index in [1.54, 1.807) is 34.0 Å². The second-order valence-electron chi connectivity index (χ2n) is 6.23. The van der Waals surface area contributed by atoms with Crippen LogP contribution in [0.25, 0.3) is 0 Å². The first-order chi connectivity index (χ1) is 11.3. The molecule has 1 N–H and O–H groups in total. The molecule has 5 nitrogen and oxygen atoms in total. The lowest BCUT2D eigenvalue weighted by Crippen LogP contribution is -2.33. The van der Waals surface area contributed by atoms with E-state index in [4.69, 9.17) is 14.2 Å². The fourth-order valence-corrected chi connectivity index (χ4v) is 2.33. The van der Waals surface area contributed by atoms with Crippen LogP contribution in [0.5, 0.6) is 11.5 Å². The van der Waals surface area contributed by atoms with E-state index in [0.29, 0.717) is 18.1 Å². The summed E-state index contributed by atoms with van der Waals surface area (Å²) in [6.45, 7) is 11.3. The topological polar surface area (TPSA) is 65.0 Å². The number of methoxy groups -OCH3 is 1. The molecule has 0 aliphatic carbocycles. The van der Waals surface area contributed by atoms with E-state index in [1.807, 2.05) is 19.1 Å². The Labute approximate surface area is 144 Å². The summed E-state index contributed by atoms with van der Waals surface area (Å²) < 4.78 is 16.4. The Bertz CT molecular complexity index is 577. The lowest BCUT2D eigenvalue weighted by molar-refractivity contribution is -0.143. The van der Waals surface area contributed by atoms with Crippen LogP contribution in [0.2, 0.25) is 0 Å². The lowest BCUT2D eigenvalue weighted by atomic mass is 9.93. The van der Waals surface area contributed by atoms with Crippen LogP contribution in [0.15, 0.2) is 24.8 Å². The minimum absolute atomic E-state index is 0.131. The van der Waals surface area contributed by atoms with E-state index in [9.17, 15) is 9.90 Å². The summed E-state index contributed by atoms with van der Waals surface area (Å²) >= 11 is 0. The molecule has 134 valence electrons. The van der Waals surface area contributed by atoms with Gasteiger partial charge >= 0.3 is 5.97 Å². The smallest absolute Gasteiger partial charge is 0.306 e. The number of rotatable bonds is 9. The summed E-state index contributed by atoms with van der Waals surface area (Å²) in [5.74, 6) is 0.730. The molecule has 0 spiro atoms. The first-order valence-electron chi connectivity index (χ1n) is 8.04. The maximum absolute atomic E-state index is 11.9. The van der Waals surface area contributed by atoms with Crippen LogP contribution in [0.4, 0.5) is 0 Å². The van der Waals surface area contributed by atoms with Gasteiger partial charge in [-0.25, -0.2) is 0 Å². The highest BCUT2D eigenvalue weighted by molar-refractivity contribution is 5.71. The predicted octanol–water partition coefficient (Wildman–Crippen LogP) is 3.38. The van der Waals surface area contributed by atoms with Gasteiger partial charge in [0.15, 0.2) is 0 Å². The average Bonchev–Trinajstić information content (AvgIpc) is 2.53. The molecule has 0 radical (unpaired) electrons. The Kier molecular flexibility index (Phi) is 7.29. The van der Waals surface area contributed by atoms with Crippen molar-refractivity contribution in [2.75, 3.05) is 20.3 Å². The third-order valence-electron chi connectivity index (χ3n) is 3.67. The van der Waals surface area contributed by atoms with Crippen molar-refractivity contribution in [2.45, 2.75) is 45.6 Å². The highest BCUT2D eigenvalue weighted by atomic mass is 16.5. The molecule has 0 fully saturated rings. The molecule has 1 aromatic rings. The zero-order valence-electron chi connectivity index (χ0n) is 15.2. The maximum Gasteiger partial charge on any atom is 0.306 e. The van der Waals surface area contributed by atoms with Crippen LogP contribution in [-0.2, 0) is 9.53 Å². The summed E-state index contributed by atoms with van der Waals surface area (Å²) in [4.78, 5) is 11.9. The molecule has 1 atom stereocenters. The number of hydrogen-bond acceptors (Lipinski definition) is 5. The highest BCUT2D eigenvalue weighted by Gasteiger charge is 2.25. The van der Waals surface area contributed by atoms with Crippen LogP contribution in [-0.4, -0.2) is 37.0 Å². The number of aliphatic hydroxyl groups excluding tert-OH is 1. The fraction of sp³-hybridized carbons (Fsp3) is 0.526. The number of benzene rings is 1. The van der Waals surface area contributed by atoms with Crippen LogP contribution in [0.1, 0.15) is 44.2 Å². The molecule has 1 rings (SSSR count). The van der Waals surface area contributed by atoms with Crippen LogP contribution < -0.4 is 9.47 Å². The highest BCUT2D eigenvalue weighted by Crippen LogP contribution is 2.37. The number of carbonyl (C=O) groups is 1. The lowest BCUT2D eigenvalue weighted by Gasteiger charge is -2.28. The van der Waals surface area contributed by atoms with Gasteiger partial charge in [0.1, 0.15) is 17.1 Å². The Morgan fingerprint density at radius 2 is 2.04 bits per heavy atom. The molecule has 24 heavy (non-hydrogen) atoms. The van der Waals surface area contributed by atoms with Crippen molar-refractivity contribution in [3.8, 4) is 11.5 Å². The molecule has 0 bridgehead atoms. The molecule has 5 heteroatoms. The van der Waals surface area contributed by atoms with Crippen LogP contribution >= 0.6 is 0 Å². The second-order valence-corrected chi connectivity index (χ2v) is 6.23. The fourth-order valence-electron chi connectivity index (χ4n) is 2.33. The molecule has 0 heterocycles. The van der Waals surface area contributed by atoms with Crippen molar-refractivity contribution in [3.05, 3.63) is 35.9 Å². The molecule has 1 aromatic carbocycles. The van der Waals surface area contributed by atoms with Crippen LogP contribution in [0.3, 0.4) is 0 Å². The Hall–Kier alpha value is -2.01. The summed E-state index contributed by atoms with van der Waals surface area (Å²) in [6.07, 6.45) is 1.86. The van der Waals surface area contributed by atoms with Crippen molar-refractivity contribution < 1.29 is 24.1 Å². The molecular formula is C19H28O5. The minimum atomic E-state index is -0.745. The quantitative estimate of drug-likeness (QED) is 0.553. The first kappa shape index (κ1) is 20.0. The molecule has 0 aliphatic heterocycles. The molecule has 1 unspecified atom stereocenters. The van der Waals surface area contributed by atoms with Gasteiger partial charge in [0, 0.05) is 11.5 Å². The maximum atomic E-state index is 11.9. The zero-order chi connectivity index (χ0) is 18.3. The molecule has 0 aliphatic rings. The Morgan fingerprint density at radius 3 is 2.54 bits per heavy atom. The minimum Gasteiger partial charge on any atom is -0.496 e. The number of aryl methyl sites for hydroxylation is 1. The average molecular weight is 336 g/mol. The molecular weight excluding hydrogens is 308 g/mol. The number of esters is 1. The van der Waals surface area contributed by atoms with Crippen LogP contribution in [0, 0.1) is 6.92 Å². The number of carbonyl (C=O) groups excluding carboxylic acids is 1. The second kappa shape index (κ2) is 8.73. The van der Waals surface area contributed by atoms with E-state index < -0.39 is 5.60 Å². The van der Waals surface area contributed by atoms with Gasteiger partial charge in [-0.3, -0.25) is 4.79 Å². The predicted molar refractivity (Wildman–Crippen MR) is 93.7 cm³/mol. The van der Waals surface area contributed by atoms with E-state index >= 15 is 0 Å². The molecule has 0 amide bonds. The van der Waals surface area contributed by atoms with Gasteiger partial charge in [0.25, 0.3) is 0 Å². The summed E-state index contributed by atoms with van der Waals surface area (Å²) in [5, 5.41) is 9.48. The standard InChI is InChI=1S/C19H28O5/c1-7-14(10-18(21)23-8-2)15-11-16(22-6)13(3)9-17(15)24-19(4,5)12-20/h7,9,11,14,20H,1,8,10,12H2,2-6H3. The van der Waals surface area contributed by atoms with Gasteiger partial charge in [0.2, 0.25) is 0 Å². The summed E-state index contributed by atoms with van der Waals surface area (Å²) in [5.41, 5.74) is 0.941.